The van der Waals surface area contributed by atoms with Crippen molar-refractivity contribution in [2.24, 2.45) is 13.0 Å². The number of hydrogen-bond donors (Lipinski definition) is 0. The van der Waals surface area contributed by atoms with Gasteiger partial charge in [-0.2, -0.15) is 5.10 Å². The van der Waals surface area contributed by atoms with E-state index in [1.165, 1.54) is 6.07 Å². The van der Waals surface area contributed by atoms with Gasteiger partial charge in [0, 0.05) is 19.0 Å². The van der Waals surface area contributed by atoms with Crippen molar-refractivity contribution in [2.75, 3.05) is 13.1 Å². The normalized spacial score (nSPS) is 16.2. The molecule has 1 saturated heterocycles. The van der Waals surface area contributed by atoms with Crippen molar-refractivity contribution in [3.05, 3.63) is 77.8 Å². The van der Waals surface area contributed by atoms with Crippen molar-refractivity contribution in [2.45, 2.75) is 19.4 Å². The molecule has 1 aliphatic rings. The van der Waals surface area contributed by atoms with Gasteiger partial charge in [-0.3, -0.25) is 14.4 Å². The van der Waals surface area contributed by atoms with E-state index in [-0.39, 0.29) is 11.6 Å². The summed E-state index contributed by atoms with van der Waals surface area (Å²) in [5, 5.41) is 5.29. The number of fused-ring (bicyclic) bond motifs is 1. The summed E-state index contributed by atoms with van der Waals surface area (Å²) in [5.41, 5.74) is 2.48. The zero-order chi connectivity index (χ0) is 19.5. The Kier molecular flexibility index (Phi) is 5.35. The standard InChI is InChI=1S/C23H24FN3O/c1-26-21-8-3-2-7-20(21)23(25-26)22(28)10-9-17-11-13-27(14-12-17)16-18-5-4-6-19(24)15-18/h2-10,15,17H,11-14,16H2,1H3/b10-9+. The molecule has 0 radical (unpaired) electrons. The lowest BCUT2D eigenvalue weighted by molar-refractivity contribution is 0.104. The van der Waals surface area contributed by atoms with E-state index in [2.05, 4.69) is 10.00 Å². The third kappa shape index (κ3) is 4.04. The number of carbonyl (C=O) groups excluding carboxylic acids is 1. The molecule has 4 rings (SSSR count). The number of carbonyl (C=O) groups is 1. The third-order valence-corrected chi connectivity index (χ3v) is 5.44. The number of aryl methyl sites for hydroxylation is 1. The highest BCUT2D eigenvalue weighted by atomic mass is 19.1. The van der Waals surface area contributed by atoms with Crippen LogP contribution in [-0.2, 0) is 13.6 Å². The number of nitrogens with zero attached hydrogens (tertiary/aromatic N) is 3. The predicted octanol–water partition coefficient (Wildman–Crippen LogP) is 4.36. The van der Waals surface area contributed by atoms with Crippen molar-refractivity contribution >= 4 is 16.7 Å². The summed E-state index contributed by atoms with van der Waals surface area (Å²) in [6.45, 7) is 2.67. The fourth-order valence-electron chi connectivity index (χ4n) is 3.90. The first kappa shape index (κ1) is 18.6. The van der Waals surface area contributed by atoms with Gasteiger partial charge in [0.15, 0.2) is 0 Å². The first-order valence-corrected chi connectivity index (χ1v) is 9.71. The summed E-state index contributed by atoms with van der Waals surface area (Å²) in [7, 11) is 1.86. The van der Waals surface area contributed by atoms with Crippen LogP contribution in [0.2, 0.25) is 0 Å². The van der Waals surface area contributed by atoms with Gasteiger partial charge in [0.25, 0.3) is 0 Å². The molecule has 0 spiro atoms. The van der Waals surface area contributed by atoms with Gasteiger partial charge in [0.1, 0.15) is 11.5 Å². The number of ketones is 1. The molecule has 144 valence electrons. The van der Waals surface area contributed by atoms with Crippen LogP contribution in [0.3, 0.4) is 0 Å². The van der Waals surface area contributed by atoms with Crippen LogP contribution in [-0.4, -0.2) is 33.6 Å². The summed E-state index contributed by atoms with van der Waals surface area (Å²) in [4.78, 5) is 15.0. The second-order valence-electron chi connectivity index (χ2n) is 7.46. The van der Waals surface area contributed by atoms with Crippen LogP contribution in [0.25, 0.3) is 10.9 Å². The van der Waals surface area contributed by atoms with Crippen LogP contribution >= 0.6 is 0 Å². The van der Waals surface area contributed by atoms with Gasteiger partial charge in [0.2, 0.25) is 5.78 Å². The van der Waals surface area contributed by atoms with Gasteiger partial charge in [0.05, 0.1) is 5.52 Å². The Labute approximate surface area is 164 Å². The van der Waals surface area contributed by atoms with Crippen LogP contribution in [0.5, 0.6) is 0 Å². The molecule has 0 saturated carbocycles. The van der Waals surface area contributed by atoms with Crippen LogP contribution in [0.1, 0.15) is 28.9 Å². The molecule has 0 amide bonds. The van der Waals surface area contributed by atoms with E-state index in [0.717, 1.165) is 48.9 Å². The van der Waals surface area contributed by atoms with Gasteiger partial charge in [-0.1, -0.05) is 36.4 Å². The van der Waals surface area contributed by atoms with E-state index >= 15 is 0 Å². The Morgan fingerprint density at radius 3 is 2.75 bits per heavy atom. The third-order valence-electron chi connectivity index (χ3n) is 5.44. The molecule has 0 N–H and O–H groups in total. The molecule has 1 aromatic heterocycles. The second-order valence-corrected chi connectivity index (χ2v) is 7.46. The maximum Gasteiger partial charge on any atom is 0.206 e. The summed E-state index contributed by atoms with van der Waals surface area (Å²) >= 11 is 0. The minimum Gasteiger partial charge on any atom is -0.299 e. The van der Waals surface area contributed by atoms with Crippen molar-refractivity contribution in [3.63, 3.8) is 0 Å². The minimum atomic E-state index is -0.184. The van der Waals surface area contributed by atoms with Gasteiger partial charge in [-0.15, -0.1) is 0 Å². The van der Waals surface area contributed by atoms with Gasteiger partial charge in [-0.05, 0) is 61.7 Å². The smallest absolute Gasteiger partial charge is 0.206 e. The van der Waals surface area contributed by atoms with E-state index in [4.69, 9.17) is 0 Å². The Hall–Kier alpha value is -2.79. The van der Waals surface area contributed by atoms with E-state index in [1.807, 2.05) is 43.5 Å². The van der Waals surface area contributed by atoms with E-state index in [9.17, 15) is 9.18 Å². The number of aromatic nitrogens is 2. The van der Waals surface area contributed by atoms with E-state index in [0.29, 0.717) is 11.6 Å². The highest BCUT2D eigenvalue weighted by Crippen LogP contribution is 2.22. The molecule has 1 fully saturated rings. The number of allylic oxidation sites excluding steroid dienone is 2. The summed E-state index contributed by atoms with van der Waals surface area (Å²) < 4.78 is 15.1. The van der Waals surface area contributed by atoms with Crippen molar-refractivity contribution in [1.29, 1.82) is 0 Å². The first-order chi connectivity index (χ1) is 13.6. The number of halogens is 1. The summed E-state index contributed by atoms with van der Waals surface area (Å²) in [6, 6.07) is 14.6. The quantitative estimate of drug-likeness (QED) is 0.490. The number of para-hydroxylation sites is 1. The van der Waals surface area contributed by atoms with Crippen molar-refractivity contribution < 1.29 is 9.18 Å². The molecule has 1 aliphatic heterocycles. The average Bonchev–Trinajstić information content (AvgIpc) is 3.04. The van der Waals surface area contributed by atoms with E-state index < -0.39 is 0 Å². The monoisotopic (exact) mass is 377 g/mol. The summed E-state index contributed by atoms with van der Waals surface area (Å²) in [5.74, 6) is 0.164. The molecule has 0 aliphatic carbocycles. The number of benzene rings is 2. The Balaban J connectivity index is 1.35. The second kappa shape index (κ2) is 8.07. The highest BCUT2D eigenvalue weighted by Gasteiger charge is 2.19. The zero-order valence-corrected chi connectivity index (χ0v) is 16.0. The lowest BCUT2D eigenvalue weighted by Gasteiger charge is -2.30. The fourth-order valence-corrected chi connectivity index (χ4v) is 3.90. The fraction of sp³-hybridized carbons (Fsp3) is 0.304. The Morgan fingerprint density at radius 1 is 1.18 bits per heavy atom. The van der Waals surface area contributed by atoms with Crippen LogP contribution in [0, 0.1) is 11.7 Å². The maximum absolute atomic E-state index is 13.3. The topological polar surface area (TPSA) is 38.1 Å². The number of rotatable bonds is 5. The molecule has 0 unspecified atom stereocenters. The average molecular weight is 377 g/mol. The van der Waals surface area contributed by atoms with Gasteiger partial charge in [-0.25, -0.2) is 4.39 Å². The molecule has 28 heavy (non-hydrogen) atoms. The molecule has 0 atom stereocenters. The number of piperidine rings is 1. The molecule has 2 aromatic carbocycles. The molecular formula is C23H24FN3O. The van der Waals surface area contributed by atoms with Crippen LogP contribution < -0.4 is 0 Å². The van der Waals surface area contributed by atoms with E-state index in [1.54, 1.807) is 22.9 Å². The minimum absolute atomic E-state index is 0.0426. The molecule has 0 bridgehead atoms. The molecule has 5 heteroatoms. The molecule has 2 heterocycles. The largest absolute Gasteiger partial charge is 0.299 e. The van der Waals surface area contributed by atoms with Crippen LogP contribution in [0.15, 0.2) is 60.7 Å². The molecule has 3 aromatic rings. The zero-order valence-electron chi connectivity index (χ0n) is 16.0. The number of likely N-dealkylation sites (tertiary alicyclic amines) is 1. The Morgan fingerprint density at radius 2 is 1.96 bits per heavy atom. The predicted molar refractivity (Wildman–Crippen MR) is 109 cm³/mol. The Bertz CT molecular complexity index is 1020. The van der Waals surface area contributed by atoms with Gasteiger partial charge >= 0.3 is 0 Å². The number of hydrogen-bond acceptors (Lipinski definition) is 3. The lowest BCUT2D eigenvalue weighted by atomic mass is 9.95. The SMILES string of the molecule is Cn1nc(C(=O)/C=C/C2CCN(Cc3cccc(F)c3)CC2)c2ccccc21. The molecular weight excluding hydrogens is 353 g/mol. The first-order valence-electron chi connectivity index (χ1n) is 9.71. The highest BCUT2D eigenvalue weighted by molar-refractivity contribution is 6.11. The lowest BCUT2D eigenvalue weighted by Crippen LogP contribution is -2.32. The maximum atomic E-state index is 13.3. The van der Waals surface area contributed by atoms with Gasteiger partial charge < -0.3 is 0 Å². The van der Waals surface area contributed by atoms with Crippen LogP contribution in [0.4, 0.5) is 4.39 Å². The summed E-state index contributed by atoms with van der Waals surface area (Å²) in [6.07, 6.45) is 5.72. The van der Waals surface area contributed by atoms with Crippen molar-refractivity contribution in [1.82, 2.24) is 14.7 Å². The van der Waals surface area contributed by atoms with Crippen molar-refractivity contribution in [3.8, 4) is 0 Å². The molecule has 4 nitrogen and oxygen atoms in total.